The lowest BCUT2D eigenvalue weighted by molar-refractivity contribution is -0.137. The maximum Gasteiger partial charge on any atom is 0.303 e. The summed E-state index contributed by atoms with van der Waals surface area (Å²) in [4.78, 5) is 10.4. The van der Waals surface area contributed by atoms with Crippen LogP contribution in [-0.4, -0.2) is 17.7 Å². The zero-order valence-corrected chi connectivity index (χ0v) is 11.8. The summed E-state index contributed by atoms with van der Waals surface area (Å²) in [5.41, 5.74) is 1.16. The number of hydrogen-bond donors (Lipinski definition) is 1. The molecule has 0 atom stereocenters. The fourth-order valence-electron chi connectivity index (χ4n) is 2.30. The van der Waals surface area contributed by atoms with Gasteiger partial charge in [-0.05, 0) is 48.6 Å². The van der Waals surface area contributed by atoms with Crippen molar-refractivity contribution in [3.8, 4) is 5.75 Å². The van der Waals surface area contributed by atoms with Crippen LogP contribution >= 0.6 is 0 Å². The van der Waals surface area contributed by atoms with Crippen LogP contribution in [0.5, 0.6) is 5.75 Å². The number of benzene rings is 2. The summed E-state index contributed by atoms with van der Waals surface area (Å²) in [5.74, 6) is 0.193. The highest BCUT2D eigenvalue weighted by molar-refractivity contribution is 5.87. The number of unbranched alkanes of at least 4 members (excludes halogenated alkanes) is 2. The van der Waals surface area contributed by atoms with E-state index in [1.807, 2.05) is 18.2 Å². The Morgan fingerprint density at radius 3 is 2.70 bits per heavy atom. The Bertz CT molecular complexity index is 590. The van der Waals surface area contributed by atoms with Gasteiger partial charge in [0.15, 0.2) is 0 Å². The average molecular weight is 272 g/mol. The van der Waals surface area contributed by atoms with E-state index < -0.39 is 5.97 Å². The van der Waals surface area contributed by atoms with Crippen molar-refractivity contribution in [1.82, 2.24) is 0 Å². The Morgan fingerprint density at radius 1 is 1.10 bits per heavy atom. The molecular formula is C17H20O3. The summed E-state index contributed by atoms with van der Waals surface area (Å²) < 4.78 is 5.80. The molecule has 2 aromatic rings. The van der Waals surface area contributed by atoms with Crippen molar-refractivity contribution in [2.24, 2.45) is 0 Å². The molecular weight excluding hydrogens is 252 g/mol. The van der Waals surface area contributed by atoms with E-state index in [-0.39, 0.29) is 6.42 Å². The molecule has 20 heavy (non-hydrogen) atoms. The molecule has 0 heterocycles. The number of carbonyl (C=O) groups is 1. The molecule has 0 aliphatic rings. The zero-order valence-electron chi connectivity index (χ0n) is 11.8. The predicted octanol–water partition coefficient (Wildman–Crippen LogP) is 4.17. The molecule has 0 aromatic heterocycles. The molecule has 0 radical (unpaired) electrons. The molecule has 0 saturated carbocycles. The molecule has 0 spiro atoms. The molecule has 0 saturated heterocycles. The van der Waals surface area contributed by atoms with E-state index in [1.165, 1.54) is 10.8 Å². The first kappa shape index (κ1) is 14.4. The summed E-state index contributed by atoms with van der Waals surface area (Å²) in [6.45, 7) is 2.71. The number of hydrogen-bond acceptors (Lipinski definition) is 2. The Morgan fingerprint density at radius 2 is 1.90 bits per heavy atom. The number of ether oxygens (including phenoxy) is 1. The van der Waals surface area contributed by atoms with Gasteiger partial charge >= 0.3 is 5.97 Å². The van der Waals surface area contributed by atoms with Crippen molar-refractivity contribution in [2.75, 3.05) is 6.61 Å². The van der Waals surface area contributed by atoms with E-state index in [9.17, 15) is 4.79 Å². The van der Waals surface area contributed by atoms with Crippen LogP contribution in [0, 0.1) is 6.92 Å². The highest BCUT2D eigenvalue weighted by Crippen LogP contribution is 2.27. The van der Waals surface area contributed by atoms with Crippen molar-refractivity contribution in [1.29, 1.82) is 0 Å². The normalized spacial score (nSPS) is 10.7. The Labute approximate surface area is 119 Å². The van der Waals surface area contributed by atoms with Crippen molar-refractivity contribution >= 4 is 16.7 Å². The van der Waals surface area contributed by atoms with Crippen LogP contribution in [0.15, 0.2) is 36.4 Å². The number of rotatable bonds is 7. The van der Waals surface area contributed by atoms with Gasteiger partial charge in [-0.2, -0.15) is 0 Å². The summed E-state index contributed by atoms with van der Waals surface area (Å²) in [7, 11) is 0. The first-order valence-electron chi connectivity index (χ1n) is 7.01. The van der Waals surface area contributed by atoms with E-state index in [2.05, 4.69) is 25.1 Å². The molecule has 0 amide bonds. The van der Waals surface area contributed by atoms with Crippen molar-refractivity contribution < 1.29 is 14.6 Å². The van der Waals surface area contributed by atoms with Crippen LogP contribution < -0.4 is 4.74 Å². The highest BCUT2D eigenvalue weighted by Gasteiger charge is 2.04. The SMILES string of the molecule is Cc1c(OCCCCCC(=O)O)ccc2ccccc12. The van der Waals surface area contributed by atoms with Gasteiger partial charge in [0.2, 0.25) is 0 Å². The third-order valence-electron chi connectivity index (χ3n) is 3.44. The van der Waals surface area contributed by atoms with E-state index >= 15 is 0 Å². The molecule has 3 nitrogen and oxygen atoms in total. The van der Waals surface area contributed by atoms with Crippen LogP contribution in [0.3, 0.4) is 0 Å². The maximum atomic E-state index is 10.4. The number of aliphatic carboxylic acids is 1. The van der Waals surface area contributed by atoms with Crippen LogP contribution in [0.25, 0.3) is 10.8 Å². The predicted molar refractivity (Wildman–Crippen MR) is 80.3 cm³/mol. The Hall–Kier alpha value is -2.03. The molecule has 2 rings (SSSR count). The Balaban J connectivity index is 1.87. The van der Waals surface area contributed by atoms with Crippen molar-refractivity contribution in [2.45, 2.75) is 32.6 Å². The monoisotopic (exact) mass is 272 g/mol. The second kappa shape index (κ2) is 6.94. The fourth-order valence-corrected chi connectivity index (χ4v) is 2.30. The zero-order chi connectivity index (χ0) is 14.4. The molecule has 3 heteroatoms. The summed E-state index contributed by atoms with van der Waals surface area (Å²) in [6.07, 6.45) is 2.74. The summed E-state index contributed by atoms with van der Waals surface area (Å²) >= 11 is 0. The molecule has 0 fully saturated rings. The molecule has 0 aliphatic carbocycles. The molecule has 0 unspecified atom stereocenters. The number of carboxylic acid groups (broad SMARTS) is 1. The largest absolute Gasteiger partial charge is 0.493 e. The first-order chi connectivity index (χ1) is 9.68. The molecule has 2 aromatic carbocycles. The minimum atomic E-state index is -0.726. The van der Waals surface area contributed by atoms with Gasteiger partial charge in [-0.15, -0.1) is 0 Å². The quantitative estimate of drug-likeness (QED) is 0.769. The third-order valence-corrected chi connectivity index (χ3v) is 3.44. The fraction of sp³-hybridized carbons (Fsp3) is 0.353. The van der Waals surface area contributed by atoms with E-state index in [0.29, 0.717) is 6.61 Å². The molecule has 1 N–H and O–H groups in total. The van der Waals surface area contributed by atoms with E-state index in [1.54, 1.807) is 0 Å². The van der Waals surface area contributed by atoms with Crippen molar-refractivity contribution in [3.63, 3.8) is 0 Å². The van der Waals surface area contributed by atoms with Gasteiger partial charge in [0.05, 0.1) is 6.61 Å². The van der Waals surface area contributed by atoms with Crippen LogP contribution in [-0.2, 0) is 4.79 Å². The average Bonchev–Trinajstić information content (AvgIpc) is 2.45. The van der Waals surface area contributed by atoms with E-state index in [4.69, 9.17) is 9.84 Å². The first-order valence-corrected chi connectivity index (χ1v) is 7.01. The number of carboxylic acids is 1. The van der Waals surface area contributed by atoms with Gasteiger partial charge < -0.3 is 9.84 Å². The van der Waals surface area contributed by atoms with Gasteiger partial charge in [0.25, 0.3) is 0 Å². The van der Waals surface area contributed by atoms with Gasteiger partial charge in [-0.3, -0.25) is 4.79 Å². The Kier molecular flexibility index (Phi) is 4.99. The lowest BCUT2D eigenvalue weighted by Crippen LogP contribution is -2.00. The van der Waals surface area contributed by atoms with Crippen LogP contribution in [0.1, 0.15) is 31.2 Å². The maximum absolute atomic E-state index is 10.4. The second-order valence-corrected chi connectivity index (χ2v) is 4.96. The number of fused-ring (bicyclic) bond motifs is 1. The minimum Gasteiger partial charge on any atom is -0.493 e. The van der Waals surface area contributed by atoms with E-state index in [0.717, 1.165) is 30.6 Å². The molecule has 0 bridgehead atoms. The third kappa shape index (κ3) is 3.73. The van der Waals surface area contributed by atoms with Crippen LogP contribution in [0.2, 0.25) is 0 Å². The van der Waals surface area contributed by atoms with Gasteiger partial charge in [-0.1, -0.05) is 30.3 Å². The van der Waals surface area contributed by atoms with Gasteiger partial charge in [0.1, 0.15) is 5.75 Å². The van der Waals surface area contributed by atoms with Crippen LogP contribution in [0.4, 0.5) is 0 Å². The minimum absolute atomic E-state index is 0.245. The molecule has 0 aliphatic heterocycles. The lowest BCUT2D eigenvalue weighted by atomic mass is 10.0. The smallest absolute Gasteiger partial charge is 0.303 e. The standard InChI is InChI=1S/C17H20O3/c1-13-15-8-5-4-7-14(15)10-11-16(13)20-12-6-2-3-9-17(18)19/h4-5,7-8,10-11H,2-3,6,9,12H2,1H3,(H,18,19). The van der Waals surface area contributed by atoms with Crippen molar-refractivity contribution in [3.05, 3.63) is 42.0 Å². The van der Waals surface area contributed by atoms with Gasteiger partial charge in [0, 0.05) is 6.42 Å². The summed E-state index contributed by atoms with van der Waals surface area (Å²) in [5, 5.41) is 11.0. The summed E-state index contributed by atoms with van der Waals surface area (Å²) in [6, 6.07) is 12.3. The van der Waals surface area contributed by atoms with Gasteiger partial charge in [-0.25, -0.2) is 0 Å². The molecule has 106 valence electrons. The number of aryl methyl sites for hydroxylation is 1. The topological polar surface area (TPSA) is 46.5 Å². The lowest BCUT2D eigenvalue weighted by Gasteiger charge is -2.11. The highest BCUT2D eigenvalue weighted by atomic mass is 16.5. The second-order valence-electron chi connectivity index (χ2n) is 4.96.